The van der Waals surface area contributed by atoms with Gasteiger partial charge in [0.2, 0.25) is 5.89 Å². The molecule has 1 aliphatic rings. The van der Waals surface area contributed by atoms with Crippen LogP contribution in [-0.4, -0.2) is 51.8 Å². The van der Waals surface area contributed by atoms with Gasteiger partial charge >= 0.3 is 5.97 Å². The molecule has 9 heteroatoms. The van der Waals surface area contributed by atoms with E-state index < -0.39 is 0 Å². The number of aromatic nitrogens is 2. The van der Waals surface area contributed by atoms with Crippen molar-refractivity contribution in [3.05, 3.63) is 53.4 Å². The lowest BCUT2D eigenvalue weighted by Crippen LogP contribution is -2.41. The van der Waals surface area contributed by atoms with Gasteiger partial charge in [0, 0.05) is 29.5 Å². The number of hydrogen-bond acceptors (Lipinski definition) is 8. The maximum Gasteiger partial charge on any atom is 0.316 e. The predicted octanol–water partition coefficient (Wildman–Crippen LogP) is 2.72. The van der Waals surface area contributed by atoms with E-state index in [1.807, 2.05) is 12.1 Å². The van der Waals surface area contributed by atoms with E-state index in [0.29, 0.717) is 23.1 Å². The van der Waals surface area contributed by atoms with Crippen molar-refractivity contribution in [1.29, 1.82) is 0 Å². The largest absolute Gasteiger partial charge is 0.465 e. The first-order valence-electron chi connectivity index (χ1n) is 9.07. The predicted molar refractivity (Wildman–Crippen MR) is 105 cm³/mol. The third kappa shape index (κ3) is 3.73. The van der Waals surface area contributed by atoms with E-state index in [4.69, 9.17) is 9.15 Å². The summed E-state index contributed by atoms with van der Waals surface area (Å²) in [6.45, 7) is 2.16. The Labute approximate surface area is 170 Å². The van der Waals surface area contributed by atoms with Crippen molar-refractivity contribution in [2.75, 3.05) is 18.9 Å². The van der Waals surface area contributed by atoms with Gasteiger partial charge in [-0.25, -0.2) is 0 Å². The fraction of sp³-hybridized carbons (Fsp3) is 0.250. The summed E-state index contributed by atoms with van der Waals surface area (Å²) in [4.78, 5) is 38.3. The standard InChI is InChI=1S/C20H17N3O5S/c1-2-27-16(24)11-29-20-22-21-15(28-20)9-10-23-18(25)13-7-3-5-12-6-4-8-14(17(12)13)19(23)26/h3-8H,2,9-11H2,1H3. The lowest BCUT2D eigenvalue weighted by Gasteiger charge is -2.26. The first-order chi connectivity index (χ1) is 14.1. The van der Waals surface area contributed by atoms with E-state index in [9.17, 15) is 14.4 Å². The van der Waals surface area contributed by atoms with E-state index in [0.717, 1.165) is 17.1 Å². The minimum absolute atomic E-state index is 0.0688. The summed E-state index contributed by atoms with van der Waals surface area (Å²) >= 11 is 1.08. The second-order valence-electron chi connectivity index (χ2n) is 6.28. The normalized spacial score (nSPS) is 13.2. The van der Waals surface area contributed by atoms with Gasteiger partial charge < -0.3 is 9.15 Å². The maximum absolute atomic E-state index is 12.9. The first kappa shape index (κ1) is 19.1. The van der Waals surface area contributed by atoms with Crippen molar-refractivity contribution in [1.82, 2.24) is 15.1 Å². The molecule has 0 fully saturated rings. The first-order valence-corrected chi connectivity index (χ1v) is 10.1. The quantitative estimate of drug-likeness (QED) is 0.332. The van der Waals surface area contributed by atoms with Crippen LogP contribution in [0.5, 0.6) is 0 Å². The second kappa shape index (κ2) is 8.04. The van der Waals surface area contributed by atoms with Crippen LogP contribution < -0.4 is 0 Å². The number of rotatable bonds is 7. The summed E-state index contributed by atoms with van der Waals surface area (Å²) in [6.07, 6.45) is 0.225. The zero-order valence-electron chi connectivity index (χ0n) is 15.6. The summed E-state index contributed by atoms with van der Waals surface area (Å²) in [5.41, 5.74) is 1.02. The minimum atomic E-state index is -0.366. The van der Waals surface area contributed by atoms with Crippen molar-refractivity contribution in [3.63, 3.8) is 0 Å². The lowest BCUT2D eigenvalue weighted by molar-refractivity contribution is -0.139. The van der Waals surface area contributed by atoms with Gasteiger partial charge in [-0.3, -0.25) is 19.3 Å². The Morgan fingerprint density at radius 1 is 1.10 bits per heavy atom. The number of carbonyl (C=O) groups excluding carboxylic acids is 3. The number of benzene rings is 2. The summed E-state index contributed by atoms with van der Waals surface area (Å²) in [6, 6.07) is 10.8. The van der Waals surface area contributed by atoms with Gasteiger partial charge in [0.25, 0.3) is 17.0 Å². The van der Waals surface area contributed by atoms with Crippen molar-refractivity contribution in [3.8, 4) is 0 Å². The van der Waals surface area contributed by atoms with Crippen molar-refractivity contribution < 1.29 is 23.5 Å². The van der Waals surface area contributed by atoms with Crippen LogP contribution in [0.1, 0.15) is 33.5 Å². The van der Waals surface area contributed by atoms with Crippen LogP contribution in [-0.2, 0) is 16.0 Å². The lowest BCUT2D eigenvalue weighted by atomic mass is 9.94. The zero-order chi connectivity index (χ0) is 20.4. The molecular weight excluding hydrogens is 394 g/mol. The van der Waals surface area contributed by atoms with Crippen LogP contribution in [0, 0.1) is 0 Å². The fourth-order valence-electron chi connectivity index (χ4n) is 3.21. The highest BCUT2D eigenvalue weighted by molar-refractivity contribution is 7.99. The SMILES string of the molecule is CCOC(=O)CSc1nnc(CCN2C(=O)c3cccc4cccc(c34)C2=O)o1. The molecule has 4 rings (SSSR count). The van der Waals surface area contributed by atoms with Gasteiger partial charge in [0.15, 0.2) is 0 Å². The number of esters is 1. The molecule has 29 heavy (non-hydrogen) atoms. The molecule has 2 aromatic carbocycles. The summed E-state index contributed by atoms with van der Waals surface area (Å²) in [5, 5.41) is 9.58. The summed E-state index contributed by atoms with van der Waals surface area (Å²) in [5.74, 6) is -0.686. The molecule has 0 bridgehead atoms. The monoisotopic (exact) mass is 411 g/mol. The number of thioether (sulfide) groups is 1. The van der Waals surface area contributed by atoms with Gasteiger partial charge in [-0.1, -0.05) is 36.0 Å². The van der Waals surface area contributed by atoms with Crippen molar-refractivity contribution in [2.24, 2.45) is 0 Å². The number of ether oxygens (including phenoxy) is 1. The molecule has 2 heterocycles. The molecule has 2 amide bonds. The van der Waals surface area contributed by atoms with Crippen LogP contribution in [0.2, 0.25) is 0 Å². The van der Waals surface area contributed by atoms with Crippen LogP contribution >= 0.6 is 11.8 Å². The highest BCUT2D eigenvalue weighted by Gasteiger charge is 2.32. The maximum atomic E-state index is 12.9. The topological polar surface area (TPSA) is 103 Å². The van der Waals surface area contributed by atoms with E-state index in [2.05, 4.69) is 10.2 Å². The minimum Gasteiger partial charge on any atom is -0.465 e. The molecule has 1 aliphatic heterocycles. The van der Waals surface area contributed by atoms with Gasteiger partial charge in [0.1, 0.15) is 5.75 Å². The Kier molecular flexibility index (Phi) is 5.30. The molecule has 148 valence electrons. The molecule has 0 saturated carbocycles. The highest BCUT2D eigenvalue weighted by Crippen LogP contribution is 2.30. The smallest absolute Gasteiger partial charge is 0.316 e. The van der Waals surface area contributed by atoms with Crippen LogP contribution in [0.15, 0.2) is 46.0 Å². The molecule has 8 nitrogen and oxygen atoms in total. The number of carbonyl (C=O) groups is 3. The molecule has 0 radical (unpaired) electrons. The number of imide groups is 1. The second-order valence-corrected chi connectivity index (χ2v) is 7.20. The molecule has 0 N–H and O–H groups in total. The van der Waals surface area contributed by atoms with E-state index in [-0.39, 0.29) is 47.6 Å². The number of amides is 2. The third-order valence-corrected chi connectivity index (χ3v) is 5.26. The number of nitrogens with zero attached hydrogens (tertiary/aromatic N) is 3. The van der Waals surface area contributed by atoms with E-state index in [1.165, 1.54) is 4.90 Å². The summed E-state index contributed by atoms with van der Waals surface area (Å²) < 4.78 is 10.3. The number of hydrogen-bond donors (Lipinski definition) is 0. The van der Waals surface area contributed by atoms with E-state index >= 15 is 0 Å². The Morgan fingerprint density at radius 3 is 2.45 bits per heavy atom. The van der Waals surface area contributed by atoms with Gasteiger partial charge in [0.05, 0.1) is 6.61 Å². The van der Waals surface area contributed by atoms with Crippen LogP contribution in [0.3, 0.4) is 0 Å². The summed E-state index contributed by atoms with van der Waals surface area (Å²) in [7, 11) is 0. The third-order valence-electron chi connectivity index (χ3n) is 4.47. The molecule has 0 unspecified atom stereocenters. The van der Waals surface area contributed by atoms with Crippen molar-refractivity contribution >= 4 is 40.3 Å². The van der Waals surface area contributed by atoms with Crippen LogP contribution in [0.25, 0.3) is 10.8 Å². The van der Waals surface area contributed by atoms with Gasteiger partial charge in [-0.2, -0.15) is 0 Å². The average molecular weight is 411 g/mol. The molecule has 3 aromatic rings. The molecule has 0 spiro atoms. The van der Waals surface area contributed by atoms with Crippen molar-refractivity contribution in [2.45, 2.75) is 18.6 Å². The van der Waals surface area contributed by atoms with Gasteiger partial charge in [-0.05, 0) is 24.4 Å². The Balaban J connectivity index is 1.45. The Bertz CT molecular complexity index is 1060. The molecule has 0 saturated heterocycles. The Morgan fingerprint density at radius 2 is 1.79 bits per heavy atom. The fourth-order valence-corrected chi connectivity index (χ4v) is 3.79. The average Bonchev–Trinajstić information content (AvgIpc) is 3.18. The Hall–Kier alpha value is -3.20. The molecule has 0 atom stereocenters. The zero-order valence-corrected chi connectivity index (χ0v) is 16.4. The molecule has 1 aromatic heterocycles. The molecular formula is C20H17N3O5S. The highest BCUT2D eigenvalue weighted by atomic mass is 32.2. The van der Waals surface area contributed by atoms with Crippen LogP contribution in [0.4, 0.5) is 0 Å². The molecule has 0 aliphatic carbocycles. The van der Waals surface area contributed by atoms with E-state index in [1.54, 1.807) is 31.2 Å². The van der Waals surface area contributed by atoms with Gasteiger partial charge in [-0.15, -0.1) is 10.2 Å².